The van der Waals surface area contributed by atoms with Crippen LogP contribution in [0.3, 0.4) is 0 Å². The number of hydrogen-bond acceptors (Lipinski definition) is 3. The minimum Gasteiger partial charge on any atom is -0.377 e. The smallest absolute Gasteiger partial charge is 0.227 e. The Kier molecular flexibility index (Phi) is 5.48. The van der Waals surface area contributed by atoms with Crippen LogP contribution in [0.15, 0.2) is 18.2 Å². The lowest BCUT2D eigenvalue weighted by molar-refractivity contribution is -0.133. The molecule has 0 spiro atoms. The molecule has 1 aliphatic heterocycles. The first-order valence-electron chi connectivity index (χ1n) is 7.66. The molecule has 4 nitrogen and oxygen atoms in total. The molecule has 0 aliphatic carbocycles. The predicted octanol–water partition coefficient (Wildman–Crippen LogP) is 3.33. The van der Waals surface area contributed by atoms with Crippen LogP contribution in [0, 0.1) is 12.8 Å². The van der Waals surface area contributed by atoms with Gasteiger partial charge in [-0.05, 0) is 57.6 Å². The topological polar surface area (TPSA) is 41.6 Å². The van der Waals surface area contributed by atoms with Gasteiger partial charge in [0.05, 0.1) is 18.8 Å². The van der Waals surface area contributed by atoms with Crippen LogP contribution in [0.1, 0.15) is 25.3 Å². The molecule has 1 aliphatic rings. The molecule has 2 rings (SSSR count). The summed E-state index contributed by atoms with van der Waals surface area (Å²) >= 11 is 6.00. The number of benzene rings is 1. The fraction of sp³-hybridized carbons (Fsp3) is 0.588. The van der Waals surface area contributed by atoms with E-state index in [1.165, 1.54) is 0 Å². The molecule has 1 atom stereocenters. The van der Waals surface area contributed by atoms with E-state index in [1.54, 1.807) is 0 Å². The average Bonchev–Trinajstić information content (AvgIpc) is 2.41. The van der Waals surface area contributed by atoms with Crippen LogP contribution in [-0.2, 0) is 9.53 Å². The molecule has 1 aromatic carbocycles. The van der Waals surface area contributed by atoms with Crippen molar-refractivity contribution in [2.45, 2.75) is 32.2 Å². The summed E-state index contributed by atoms with van der Waals surface area (Å²) in [7, 11) is 4.15. The van der Waals surface area contributed by atoms with Gasteiger partial charge in [0.25, 0.3) is 0 Å². The lowest BCUT2D eigenvalue weighted by Crippen LogP contribution is -2.59. The Morgan fingerprint density at radius 2 is 2.14 bits per heavy atom. The van der Waals surface area contributed by atoms with Crippen LogP contribution in [-0.4, -0.2) is 43.7 Å². The number of amides is 1. The molecule has 5 heteroatoms. The zero-order valence-electron chi connectivity index (χ0n) is 13.8. The molecule has 1 amide bonds. The van der Waals surface area contributed by atoms with E-state index in [-0.39, 0.29) is 17.4 Å². The van der Waals surface area contributed by atoms with E-state index in [2.05, 4.69) is 24.3 Å². The van der Waals surface area contributed by atoms with E-state index < -0.39 is 0 Å². The van der Waals surface area contributed by atoms with Gasteiger partial charge in [-0.3, -0.25) is 9.69 Å². The van der Waals surface area contributed by atoms with E-state index in [0.717, 1.165) is 37.3 Å². The highest BCUT2D eigenvalue weighted by Crippen LogP contribution is 2.30. The summed E-state index contributed by atoms with van der Waals surface area (Å²) < 4.78 is 5.36. The summed E-state index contributed by atoms with van der Waals surface area (Å²) in [5.41, 5.74) is 1.86. The SMILES string of the molecule is Cc1cc(NC(=O)C(C)CCC2(N(C)C)COC2)ccc1Cl. The van der Waals surface area contributed by atoms with E-state index >= 15 is 0 Å². The van der Waals surface area contributed by atoms with Gasteiger partial charge >= 0.3 is 0 Å². The third-order valence-electron chi connectivity index (χ3n) is 4.61. The van der Waals surface area contributed by atoms with Crippen LogP contribution >= 0.6 is 11.6 Å². The molecule has 1 heterocycles. The van der Waals surface area contributed by atoms with Crippen molar-refractivity contribution in [2.75, 3.05) is 32.6 Å². The van der Waals surface area contributed by atoms with E-state index in [9.17, 15) is 4.79 Å². The summed E-state index contributed by atoms with van der Waals surface area (Å²) in [5, 5.41) is 3.68. The number of anilines is 1. The van der Waals surface area contributed by atoms with Crippen molar-refractivity contribution in [1.82, 2.24) is 4.90 Å². The molecule has 0 aromatic heterocycles. The molecule has 1 N–H and O–H groups in total. The first kappa shape index (κ1) is 17.3. The summed E-state index contributed by atoms with van der Waals surface area (Å²) in [5.74, 6) is 0.0179. The van der Waals surface area contributed by atoms with Gasteiger partial charge in [-0.1, -0.05) is 18.5 Å². The normalized spacial score (nSPS) is 17.9. The van der Waals surface area contributed by atoms with E-state index in [1.807, 2.05) is 32.0 Å². The van der Waals surface area contributed by atoms with Crippen molar-refractivity contribution in [3.63, 3.8) is 0 Å². The van der Waals surface area contributed by atoms with Gasteiger partial charge in [-0.15, -0.1) is 0 Å². The van der Waals surface area contributed by atoms with E-state index in [4.69, 9.17) is 16.3 Å². The van der Waals surface area contributed by atoms with Gasteiger partial charge in [0.15, 0.2) is 0 Å². The van der Waals surface area contributed by atoms with Crippen molar-refractivity contribution in [1.29, 1.82) is 0 Å². The largest absolute Gasteiger partial charge is 0.377 e. The number of nitrogens with zero attached hydrogens (tertiary/aromatic N) is 1. The Hall–Kier alpha value is -1.10. The number of halogens is 1. The Morgan fingerprint density at radius 3 is 2.64 bits per heavy atom. The maximum absolute atomic E-state index is 12.3. The summed E-state index contributed by atoms with van der Waals surface area (Å²) in [6.45, 7) is 5.41. The average molecular weight is 325 g/mol. The van der Waals surface area contributed by atoms with Gasteiger partial charge in [0.1, 0.15) is 0 Å². The van der Waals surface area contributed by atoms with Crippen molar-refractivity contribution in [2.24, 2.45) is 5.92 Å². The second-order valence-corrected chi connectivity index (χ2v) is 6.91. The number of carbonyl (C=O) groups is 1. The minimum atomic E-state index is -0.0339. The van der Waals surface area contributed by atoms with Gasteiger partial charge in [-0.25, -0.2) is 0 Å². The lowest BCUT2D eigenvalue weighted by atomic mass is 9.86. The van der Waals surface area contributed by atoms with Crippen molar-refractivity contribution < 1.29 is 9.53 Å². The molecule has 0 bridgehead atoms. The lowest BCUT2D eigenvalue weighted by Gasteiger charge is -2.47. The zero-order chi connectivity index (χ0) is 16.3. The molecular formula is C17H25ClN2O2. The number of carbonyl (C=O) groups excluding carboxylic acids is 1. The van der Waals surface area contributed by atoms with Crippen LogP contribution in [0.4, 0.5) is 5.69 Å². The van der Waals surface area contributed by atoms with Gasteiger partial charge in [-0.2, -0.15) is 0 Å². The maximum atomic E-state index is 12.3. The maximum Gasteiger partial charge on any atom is 0.227 e. The fourth-order valence-corrected chi connectivity index (χ4v) is 2.69. The molecule has 1 aromatic rings. The number of rotatable bonds is 6. The third-order valence-corrected chi connectivity index (χ3v) is 5.03. The highest BCUT2D eigenvalue weighted by molar-refractivity contribution is 6.31. The van der Waals surface area contributed by atoms with Gasteiger partial charge < -0.3 is 10.1 Å². The van der Waals surface area contributed by atoms with Crippen LogP contribution in [0.2, 0.25) is 5.02 Å². The fourth-order valence-electron chi connectivity index (χ4n) is 2.57. The predicted molar refractivity (Wildman–Crippen MR) is 90.5 cm³/mol. The Balaban J connectivity index is 1.88. The van der Waals surface area contributed by atoms with Crippen molar-refractivity contribution in [3.8, 4) is 0 Å². The quantitative estimate of drug-likeness (QED) is 0.872. The second kappa shape index (κ2) is 6.99. The summed E-state index contributed by atoms with van der Waals surface area (Å²) in [6, 6.07) is 5.54. The molecule has 0 radical (unpaired) electrons. The first-order chi connectivity index (χ1) is 10.3. The summed E-state index contributed by atoms with van der Waals surface area (Å²) in [6.07, 6.45) is 1.81. The number of likely N-dealkylation sites (N-methyl/N-ethyl adjacent to an activating group) is 1. The van der Waals surface area contributed by atoms with Gasteiger partial charge in [0.2, 0.25) is 5.91 Å². The van der Waals surface area contributed by atoms with Crippen LogP contribution in [0.5, 0.6) is 0 Å². The monoisotopic (exact) mass is 324 g/mol. The molecule has 1 unspecified atom stereocenters. The Morgan fingerprint density at radius 1 is 1.45 bits per heavy atom. The van der Waals surface area contributed by atoms with Gasteiger partial charge in [0, 0.05) is 16.6 Å². The number of hydrogen-bond donors (Lipinski definition) is 1. The highest BCUT2D eigenvalue weighted by Gasteiger charge is 2.40. The number of ether oxygens (including phenoxy) is 1. The first-order valence-corrected chi connectivity index (χ1v) is 8.04. The minimum absolute atomic E-state index is 0.0339. The molecule has 22 heavy (non-hydrogen) atoms. The molecule has 0 saturated carbocycles. The highest BCUT2D eigenvalue weighted by atomic mass is 35.5. The van der Waals surface area contributed by atoms with Crippen LogP contribution < -0.4 is 5.32 Å². The summed E-state index contributed by atoms with van der Waals surface area (Å²) in [4.78, 5) is 14.5. The zero-order valence-corrected chi connectivity index (χ0v) is 14.5. The van der Waals surface area contributed by atoms with E-state index in [0.29, 0.717) is 5.02 Å². The molecule has 1 fully saturated rings. The molecule has 1 saturated heterocycles. The standard InChI is InChI=1S/C17H25ClN2O2/c1-12(7-8-17(20(3)4)10-22-11-17)16(21)19-14-5-6-15(18)13(2)9-14/h5-6,9,12H,7-8,10-11H2,1-4H3,(H,19,21). The Bertz CT molecular complexity index is 541. The molecule has 122 valence electrons. The second-order valence-electron chi connectivity index (χ2n) is 6.50. The number of nitrogens with one attached hydrogen (secondary N) is 1. The number of aryl methyl sites for hydroxylation is 1. The third kappa shape index (κ3) is 3.80. The van der Waals surface area contributed by atoms with Crippen LogP contribution in [0.25, 0.3) is 0 Å². The van der Waals surface area contributed by atoms with Crippen molar-refractivity contribution in [3.05, 3.63) is 28.8 Å². The molecular weight excluding hydrogens is 300 g/mol. The van der Waals surface area contributed by atoms with Crippen molar-refractivity contribution >= 4 is 23.2 Å². The Labute approximate surface area is 137 Å².